The van der Waals surface area contributed by atoms with Crippen molar-refractivity contribution in [1.82, 2.24) is 4.90 Å². The second-order valence-electron chi connectivity index (χ2n) is 5.84. The molecule has 0 aliphatic heterocycles. The molecule has 0 aliphatic rings. The van der Waals surface area contributed by atoms with Gasteiger partial charge in [-0.1, -0.05) is 79.9 Å². The first-order valence-electron chi connectivity index (χ1n) is 8.15. The van der Waals surface area contributed by atoms with Gasteiger partial charge in [0, 0.05) is 11.0 Å². The van der Waals surface area contributed by atoms with Gasteiger partial charge in [-0.05, 0) is 37.7 Å². The highest BCUT2D eigenvalue weighted by Crippen LogP contribution is 2.12. The van der Waals surface area contributed by atoms with Crippen LogP contribution in [0.1, 0.15) is 63.9 Å². The minimum atomic E-state index is 1.06. The molecule has 0 unspecified atom stereocenters. The molecule has 0 bridgehead atoms. The molecule has 20 heavy (non-hydrogen) atoms. The van der Waals surface area contributed by atoms with Crippen LogP contribution in [0.25, 0.3) is 0 Å². The normalized spacial score (nSPS) is 11.2. The molecule has 0 aromatic heterocycles. The summed E-state index contributed by atoms with van der Waals surface area (Å²) in [4.78, 5) is 2.43. The third kappa shape index (κ3) is 8.76. The van der Waals surface area contributed by atoms with Crippen molar-refractivity contribution in [2.24, 2.45) is 0 Å². The van der Waals surface area contributed by atoms with Crippen LogP contribution in [-0.4, -0.2) is 18.5 Å². The van der Waals surface area contributed by atoms with Crippen molar-refractivity contribution < 1.29 is 0 Å². The summed E-state index contributed by atoms with van der Waals surface area (Å²) in [6.07, 6.45) is 11.2. The third-order valence-electron chi connectivity index (χ3n) is 3.76. The molecular weight excluding hydrogens is 310 g/mol. The van der Waals surface area contributed by atoms with Crippen molar-refractivity contribution in [3.05, 3.63) is 34.3 Å². The molecule has 1 rings (SSSR count). The van der Waals surface area contributed by atoms with E-state index in [1.165, 1.54) is 63.5 Å². The quantitative estimate of drug-likeness (QED) is 0.445. The molecular formula is C18H30BrN. The maximum absolute atomic E-state index is 3.48. The van der Waals surface area contributed by atoms with Crippen LogP contribution in [0.2, 0.25) is 0 Å². The lowest BCUT2D eigenvalue weighted by Crippen LogP contribution is -2.18. The smallest absolute Gasteiger partial charge is 0.0230 e. The Morgan fingerprint density at radius 2 is 1.40 bits per heavy atom. The zero-order chi connectivity index (χ0) is 14.6. The lowest BCUT2D eigenvalue weighted by atomic mass is 10.1. The number of nitrogens with zero attached hydrogens (tertiary/aromatic N) is 1. The van der Waals surface area contributed by atoms with E-state index < -0.39 is 0 Å². The van der Waals surface area contributed by atoms with E-state index in [-0.39, 0.29) is 0 Å². The molecule has 2 heteroatoms. The van der Waals surface area contributed by atoms with E-state index in [9.17, 15) is 0 Å². The standard InChI is InChI=1S/C18H30BrN/c1-3-4-5-6-7-8-9-10-15-20(2)16-17-11-13-18(19)14-12-17/h11-14H,3-10,15-16H2,1-2H3. The average Bonchev–Trinajstić information content (AvgIpc) is 2.44. The SMILES string of the molecule is CCCCCCCCCCN(C)Cc1ccc(Br)cc1. The number of hydrogen-bond donors (Lipinski definition) is 0. The maximum Gasteiger partial charge on any atom is 0.0230 e. The Labute approximate surface area is 133 Å². The first-order chi connectivity index (χ1) is 9.72. The van der Waals surface area contributed by atoms with Gasteiger partial charge in [0.15, 0.2) is 0 Å². The number of halogens is 1. The number of unbranched alkanes of at least 4 members (excludes halogenated alkanes) is 7. The summed E-state index contributed by atoms with van der Waals surface area (Å²) < 4.78 is 1.16. The zero-order valence-corrected chi connectivity index (χ0v) is 14.8. The number of benzene rings is 1. The van der Waals surface area contributed by atoms with Crippen molar-refractivity contribution in [3.63, 3.8) is 0 Å². The molecule has 1 aromatic rings. The van der Waals surface area contributed by atoms with Gasteiger partial charge < -0.3 is 4.90 Å². The molecule has 0 saturated heterocycles. The topological polar surface area (TPSA) is 3.24 Å². The van der Waals surface area contributed by atoms with Crippen molar-refractivity contribution in [2.45, 2.75) is 64.8 Å². The van der Waals surface area contributed by atoms with Crippen LogP contribution in [0, 0.1) is 0 Å². The molecule has 0 atom stereocenters. The molecule has 0 radical (unpaired) electrons. The van der Waals surface area contributed by atoms with Crippen LogP contribution in [0.4, 0.5) is 0 Å². The van der Waals surface area contributed by atoms with Gasteiger partial charge in [0.25, 0.3) is 0 Å². The Morgan fingerprint density at radius 1 is 0.850 bits per heavy atom. The predicted octanol–water partition coefficient (Wildman–Crippen LogP) is 6.02. The highest BCUT2D eigenvalue weighted by atomic mass is 79.9. The highest BCUT2D eigenvalue weighted by molar-refractivity contribution is 9.10. The third-order valence-corrected chi connectivity index (χ3v) is 4.29. The molecule has 0 heterocycles. The summed E-state index contributed by atoms with van der Waals surface area (Å²) in [5, 5.41) is 0. The average molecular weight is 340 g/mol. The van der Waals surface area contributed by atoms with Gasteiger partial charge in [-0.25, -0.2) is 0 Å². The molecule has 0 fully saturated rings. The maximum atomic E-state index is 3.48. The van der Waals surface area contributed by atoms with Crippen molar-refractivity contribution in [3.8, 4) is 0 Å². The minimum Gasteiger partial charge on any atom is -0.302 e. The molecule has 1 aromatic carbocycles. The Morgan fingerprint density at radius 3 is 2.00 bits per heavy atom. The minimum absolute atomic E-state index is 1.06. The van der Waals surface area contributed by atoms with E-state index in [2.05, 4.69) is 59.1 Å². The van der Waals surface area contributed by atoms with Gasteiger partial charge in [-0.2, -0.15) is 0 Å². The summed E-state index contributed by atoms with van der Waals surface area (Å²) in [6, 6.07) is 8.65. The fourth-order valence-electron chi connectivity index (χ4n) is 2.50. The van der Waals surface area contributed by atoms with Crippen LogP contribution in [-0.2, 0) is 6.54 Å². The van der Waals surface area contributed by atoms with Crippen LogP contribution < -0.4 is 0 Å². The Balaban J connectivity index is 2.00. The number of hydrogen-bond acceptors (Lipinski definition) is 1. The van der Waals surface area contributed by atoms with Gasteiger partial charge in [-0.3, -0.25) is 0 Å². The second-order valence-corrected chi connectivity index (χ2v) is 6.75. The van der Waals surface area contributed by atoms with E-state index in [0.29, 0.717) is 0 Å². The summed E-state index contributed by atoms with van der Waals surface area (Å²) >= 11 is 3.48. The predicted molar refractivity (Wildman–Crippen MR) is 93.1 cm³/mol. The second kappa shape index (κ2) is 11.3. The van der Waals surface area contributed by atoms with Crippen LogP contribution >= 0.6 is 15.9 Å². The Hall–Kier alpha value is -0.340. The van der Waals surface area contributed by atoms with Gasteiger partial charge in [0.05, 0.1) is 0 Å². The zero-order valence-electron chi connectivity index (χ0n) is 13.2. The highest BCUT2D eigenvalue weighted by Gasteiger charge is 2.00. The van der Waals surface area contributed by atoms with Crippen molar-refractivity contribution in [1.29, 1.82) is 0 Å². The van der Waals surface area contributed by atoms with Crippen LogP contribution in [0.5, 0.6) is 0 Å². The van der Waals surface area contributed by atoms with Crippen molar-refractivity contribution >= 4 is 15.9 Å². The molecule has 0 amide bonds. The molecule has 0 saturated carbocycles. The van der Waals surface area contributed by atoms with E-state index >= 15 is 0 Å². The monoisotopic (exact) mass is 339 g/mol. The largest absolute Gasteiger partial charge is 0.302 e. The molecule has 114 valence electrons. The van der Waals surface area contributed by atoms with Crippen molar-refractivity contribution in [2.75, 3.05) is 13.6 Å². The van der Waals surface area contributed by atoms with Crippen LogP contribution in [0.3, 0.4) is 0 Å². The lowest BCUT2D eigenvalue weighted by Gasteiger charge is -2.16. The van der Waals surface area contributed by atoms with E-state index in [1.807, 2.05) is 0 Å². The Bertz CT molecular complexity index is 334. The summed E-state index contributed by atoms with van der Waals surface area (Å²) in [5.41, 5.74) is 1.40. The van der Waals surface area contributed by atoms with Gasteiger partial charge in [0.2, 0.25) is 0 Å². The van der Waals surface area contributed by atoms with Gasteiger partial charge >= 0.3 is 0 Å². The fraction of sp³-hybridized carbons (Fsp3) is 0.667. The molecule has 0 spiro atoms. The van der Waals surface area contributed by atoms with Gasteiger partial charge in [-0.15, -0.1) is 0 Å². The first-order valence-corrected chi connectivity index (χ1v) is 8.94. The summed E-state index contributed by atoms with van der Waals surface area (Å²) in [5.74, 6) is 0. The Kier molecular flexibility index (Phi) is 10.0. The van der Waals surface area contributed by atoms with Gasteiger partial charge in [0.1, 0.15) is 0 Å². The fourth-order valence-corrected chi connectivity index (χ4v) is 2.76. The van der Waals surface area contributed by atoms with E-state index in [4.69, 9.17) is 0 Å². The molecule has 0 aliphatic carbocycles. The summed E-state index contributed by atoms with van der Waals surface area (Å²) in [6.45, 7) is 4.55. The first kappa shape index (κ1) is 17.7. The van der Waals surface area contributed by atoms with E-state index in [1.54, 1.807) is 0 Å². The summed E-state index contributed by atoms with van der Waals surface area (Å²) in [7, 11) is 2.23. The molecule has 1 nitrogen and oxygen atoms in total. The number of rotatable bonds is 11. The van der Waals surface area contributed by atoms with E-state index in [0.717, 1.165) is 11.0 Å². The lowest BCUT2D eigenvalue weighted by molar-refractivity contribution is 0.316. The van der Waals surface area contributed by atoms with Crippen LogP contribution in [0.15, 0.2) is 28.7 Å². The molecule has 0 N–H and O–H groups in total.